The van der Waals surface area contributed by atoms with E-state index in [9.17, 15) is 10.1 Å². The quantitative estimate of drug-likeness (QED) is 0.832. The summed E-state index contributed by atoms with van der Waals surface area (Å²) in [7, 11) is 1.62. The molecule has 0 atom stereocenters. The molecule has 2 rings (SSSR count). The van der Waals surface area contributed by atoms with Crippen molar-refractivity contribution in [1.82, 2.24) is 5.32 Å². The number of benzene rings is 1. The first-order chi connectivity index (χ1) is 11.5. The van der Waals surface area contributed by atoms with Gasteiger partial charge in [0.15, 0.2) is 5.78 Å². The Bertz CT molecular complexity index is 655. The Labute approximate surface area is 143 Å². The molecule has 0 saturated carbocycles. The number of nitrogens with zero attached hydrogens (tertiary/aromatic N) is 1. The fourth-order valence-corrected chi connectivity index (χ4v) is 2.93. The highest BCUT2D eigenvalue weighted by Gasteiger charge is 2.32. The Kier molecular flexibility index (Phi) is 6.13. The molecule has 1 aliphatic heterocycles. The number of methoxy groups -OCH3 is 1. The van der Waals surface area contributed by atoms with E-state index in [1.165, 1.54) is 0 Å². The molecule has 1 saturated heterocycles. The number of Topliss-reactive ketones (excluding diaryl/α,β-unsaturated/α-hetero) is 1. The Morgan fingerprint density at radius 2 is 2.21 bits per heavy atom. The number of carbonyl (C=O) groups is 1. The van der Waals surface area contributed by atoms with Crippen LogP contribution in [0, 0.1) is 18.3 Å². The third-order valence-corrected chi connectivity index (χ3v) is 4.49. The van der Waals surface area contributed by atoms with Gasteiger partial charge >= 0.3 is 0 Å². The van der Waals surface area contributed by atoms with Gasteiger partial charge in [0.05, 0.1) is 19.7 Å². The van der Waals surface area contributed by atoms with E-state index in [1.54, 1.807) is 13.2 Å². The van der Waals surface area contributed by atoms with E-state index in [0.29, 0.717) is 32.5 Å². The van der Waals surface area contributed by atoms with Gasteiger partial charge in [-0.1, -0.05) is 12.7 Å². The molecule has 5 heteroatoms. The van der Waals surface area contributed by atoms with Crippen molar-refractivity contribution in [2.75, 3.05) is 26.9 Å². The van der Waals surface area contributed by atoms with Crippen LogP contribution in [0.15, 0.2) is 18.7 Å². The summed E-state index contributed by atoms with van der Waals surface area (Å²) in [5, 5.41) is 12.6. The van der Waals surface area contributed by atoms with Gasteiger partial charge in [-0.2, -0.15) is 5.26 Å². The van der Waals surface area contributed by atoms with Gasteiger partial charge in [-0.15, -0.1) is 0 Å². The van der Waals surface area contributed by atoms with Crippen molar-refractivity contribution in [1.29, 1.82) is 5.26 Å². The number of hydrogen-bond acceptors (Lipinski definition) is 5. The maximum absolute atomic E-state index is 12.4. The van der Waals surface area contributed by atoms with E-state index < -0.39 is 5.54 Å². The number of rotatable bonds is 7. The summed E-state index contributed by atoms with van der Waals surface area (Å²) in [6.07, 6.45) is 3.26. The summed E-state index contributed by atoms with van der Waals surface area (Å²) in [5.74, 6) is 0.801. The summed E-state index contributed by atoms with van der Waals surface area (Å²) >= 11 is 0. The first-order valence-corrected chi connectivity index (χ1v) is 8.09. The average molecular weight is 328 g/mol. The molecule has 0 amide bonds. The van der Waals surface area contributed by atoms with Gasteiger partial charge in [0.25, 0.3) is 0 Å². The predicted octanol–water partition coefficient (Wildman–Crippen LogP) is 2.42. The molecule has 0 aromatic heterocycles. The van der Waals surface area contributed by atoms with Crippen molar-refractivity contribution in [2.45, 2.75) is 31.7 Å². The summed E-state index contributed by atoms with van der Waals surface area (Å²) in [5.41, 5.74) is 2.21. The van der Waals surface area contributed by atoms with E-state index in [2.05, 4.69) is 18.0 Å². The lowest BCUT2D eigenvalue weighted by Crippen LogP contribution is -2.50. The maximum atomic E-state index is 12.4. The van der Waals surface area contributed by atoms with Crippen LogP contribution in [0.5, 0.6) is 5.75 Å². The molecule has 0 radical (unpaired) electrons. The van der Waals surface area contributed by atoms with Gasteiger partial charge in [0, 0.05) is 32.5 Å². The van der Waals surface area contributed by atoms with Crippen molar-refractivity contribution in [3.8, 4) is 11.8 Å². The normalized spacial score (nSPS) is 16.2. The smallest absolute Gasteiger partial charge is 0.151 e. The number of carbonyl (C=O) groups excluding carboxylic acids is 1. The second-order valence-electron chi connectivity index (χ2n) is 6.09. The monoisotopic (exact) mass is 328 g/mol. The summed E-state index contributed by atoms with van der Waals surface area (Å²) in [6.45, 7) is 7.05. The van der Waals surface area contributed by atoms with Crippen LogP contribution in [0.2, 0.25) is 0 Å². The highest BCUT2D eigenvalue weighted by molar-refractivity contribution is 5.84. The summed E-state index contributed by atoms with van der Waals surface area (Å²) in [4.78, 5) is 12.4. The number of nitriles is 1. The molecule has 0 bridgehead atoms. The van der Waals surface area contributed by atoms with Crippen LogP contribution in [0.4, 0.5) is 0 Å². The molecule has 5 nitrogen and oxygen atoms in total. The highest BCUT2D eigenvalue weighted by Crippen LogP contribution is 2.24. The minimum atomic E-state index is -0.649. The number of ketones is 1. The van der Waals surface area contributed by atoms with Crippen LogP contribution in [0.1, 0.15) is 29.5 Å². The number of nitrogens with one attached hydrogen (secondary N) is 1. The van der Waals surface area contributed by atoms with Crippen LogP contribution in [0.3, 0.4) is 0 Å². The van der Waals surface area contributed by atoms with Crippen molar-refractivity contribution in [2.24, 2.45) is 0 Å². The molecule has 1 fully saturated rings. The number of ether oxygens (including phenoxy) is 2. The van der Waals surface area contributed by atoms with Crippen molar-refractivity contribution in [3.63, 3.8) is 0 Å². The first kappa shape index (κ1) is 18.2. The first-order valence-electron chi connectivity index (χ1n) is 8.09. The van der Waals surface area contributed by atoms with E-state index in [-0.39, 0.29) is 12.3 Å². The van der Waals surface area contributed by atoms with Crippen molar-refractivity contribution >= 4 is 11.9 Å². The van der Waals surface area contributed by atoms with Crippen molar-refractivity contribution < 1.29 is 14.3 Å². The minimum Gasteiger partial charge on any atom is -0.497 e. The molecule has 0 spiro atoms. The molecule has 128 valence electrons. The average Bonchev–Trinajstić information content (AvgIpc) is 2.62. The molecular weight excluding hydrogens is 304 g/mol. The zero-order chi connectivity index (χ0) is 17.6. The number of hydrogen-bond donors (Lipinski definition) is 1. The lowest BCUT2D eigenvalue weighted by Gasteiger charge is -2.31. The molecule has 1 aromatic carbocycles. The van der Waals surface area contributed by atoms with Crippen LogP contribution in [0.25, 0.3) is 6.08 Å². The highest BCUT2D eigenvalue weighted by atomic mass is 16.5. The minimum absolute atomic E-state index is 0.0486. The van der Waals surface area contributed by atoms with Crippen LogP contribution in [-0.2, 0) is 16.0 Å². The molecular formula is C19H24N2O3. The zero-order valence-corrected chi connectivity index (χ0v) is 14.4. The Morgan fingerprint density at radius 1 is 1.50 bits per heavy atom. The largest absolute Gasteiger partial charge is 0.497 e. The third-order valence-electron chi connectivity index (χ3n) is 4.49. The van der Waals surface area contributed by atoms with Gasteiger partial charge in [0.2, 0.25) is 0 Å². The molecule has 1 aromatic rings. The van der Waals surface area contributed by atoms with Crippen LogP contribution < -0.4 is 10.1 Å². The van der Waals surface area contributed by atoms with E-state index in [4.69, 9.17) is 9.47 Å². The molecule has 1 aliphatic rings. The van der Waals surface area contributed by atoms with E-state index in [1.807, 2.05) is 19.1 Å². The topological polar surface area (TPSA) is 71.3 Å². The van der Waals surface area contributed by atoms with Crippen molar-refractivity contribution in [3.05, 3.63) is 35.4 Å². The summed E-state index contributed by atoms with van der Waals surface area (Å²) < 4.78 is 10.6. The molecule has 1 N–H and O–H groups in total. The van der Waals surface area contributed by atoms with Crippen LogP contribution in [-0.4, -0.2) is 38.2 Å². The number of aryl methyl sites for hydroxylation is 1. The SMILES string of the molecule is C=Cc1cc(OC)cc(C)c1CC(=O)CNC1(C#N)CCOCC1. The van der Waals surface area contributed by atoms with Gasteiger partial charge in [-0.05, 0) is 35.7 Å². The molecule has 24 heavy (non-hydrogen) atoms. The van der Waals surface area contributed by atoms with Gasteiger partial charge in [0.1, 0.15) is 11.3 Å². The third kappa shape index (κ3) is 4.22. The Morgan fingerprint density at radius 3 is 2.79 bits per heavy atom. The lowest BCUT2D eigenvalue weighted by molar-refractivity contribution is -0.118. The molecule has 1 heterocycles. The molecule has 0 unspecified atom stereocenters. The maximum Gasteiger partial charge on any atom is 0.151 e. The standard InChI is InChI=1S/C19H24N2O3/c1-4-15-10-17(23-3)9-14(2)18(15)11-16(22)12-21-19(13-20)5-7-24-8-6-19/h4,9-10,21H,1,5-8,11-12H2,2-3H3. The fraction of sp³-hybridized carbons (Fsp3) is 0.474. The zero-order valence-electron chi connectivity index (χ0n) is 14.4. The Hall–Kier alpha value is -2.16. The second kappa shape index (κ2) is 8.09. The predicted molar refractivity (Wildman–Crippen MR) is 92.9 cm³/mol. The summed E-state index contributed by atoms with van der Waals surface area (Å²) in [6, 6.07) is 6.10. The lowest BCUT2D eigenvalue weighted by atomic mass is 9.91. The van der Waals surface area contributed by atoms with Gasteiger partial charge in [-0.3, -0.25) is 10.1 Å². The van der Waals surface area contributed by atoms with Gasteiger partial charge < -0.3 is 9.47 Å². The second-order valence-corrected chi connectivity index (χ2v) is 6.09. The molecule has 0 aliphatic carbocycles. The van der Waals surface area contributed by atoms with Crippen LogP contribution >= 0.6 is 0 Å². The van der Waals surface area contributed by atoms with E-state index in [0.717, 1.165) is 22.4 Å². The van der Waals surface area contributed by atoms with E-state index >= 15 is 0 Å². The Balaban J connectivity index is 2.05. The van der Waals surface area contributed by atoms with Gasteiger partial charge in [-0.25, -0.2) is 0 Å². The fourth-order valence-electron chi connectivity index (χ4n) is 2.93.